The van der Waals surface area contributed by atoms with Crippen LogP contribution in [0.5, 0.6) is 0 Å². The van der Waals surface area contributed by atoms with Crippen molar-refractivity contribution < 1.29 is 4.79 Å². The summed E-state index contributed by atoms with van der Waals surface area (Å²) in [4.78, 5) is 11.3. The molecule has 0 bridgehead atoms. The number of benzene rings is 1. The van der Waals surface area contributed by atoms with Crippen LogP contribution in [0.4, 0.5) is 0 Å². The molecule has 2 rings (SSSR count). The van der Waals surface area contributed by atoms with Crippen molar-refractivity contribution in [3.8, 4) is 12.3 Å². The van der Waals surface area contributed by atoms with Crippen molar-refractivity contribution in [2.45, 2.75) is 18.8 Å². The SMILES string of the molecule is C#CC(=O)C1CCc2ccccc21. The van der Waals surface area contributed by atoms with Gasteiger partial charge in [-0.25, -0.2) is 0 Å². The first kappa shape index (κ1) is 8.07. The summed E-state index contributed by atoms with van der Waals surface area (Å²) in [6, 6.07) is 8.03. The average molecular weight is 170 g/mol. The second-order valence-electron chi connectivity index (χ2n) is 3.30. The summed E-state index contributed by atoms with van der Waals surface area (Å²) in [7, 11) is 0. The number of hydrogen-bond acceptors (Lipinski definition) is 1. The molecule has 1 aliphatic rings. The zero-order valence-corrected chi connectivity index (χ0v) is 7.29. The molecule has 1 aromatic rings. The first-order valence-corrected chi connectivity index (χ1v) is 4.41. The van der Waals surface area contributed by atoms with E-state index in [1.807, 2.05) is 18.2 Å². The van der Waals surface area contributed by atoms with Gasteiger partial charge in [0.25, 0.3) is 0 Å². The number of fused-ring (bicyclic) bond motifs is 1. The Bertz CT molecular complexity index is 384. The van der Waals surface area contributed by atoms with Crippen molar-refractivity contribution >= 4 is 5.78 Å². The number of Topliss-reactive ketones (excluding diaryl/α,β-unsaturated/α-hetero) is 1. The number of carbonyl (C=O) groups excluding carboxylic acids is 1. The van der Waals surface area contributed by atoms with Crippen LogP contribution in [0.15, 0.2) is 24.3 Å². The fraction of sp³-hybridized carbons (Fsp3) is 0.250. The zero-order chi connectivity index (χ0) is 9.26. The largest absolute Gasteiger partial charge is 0.284 e. The Morgan fingerprint density at radius 2 is 2.23 bits per heavy atom. The average Bonchev–Trinajstić information content (AvgIpc) is 2.60. The minimum absolute atomic E-state index is 0.0406. The van der Waals surface area contributed by atoms with Crippen LogP contribution in [-0.4, -0.2) is 5.78 Å². The number of ketones is 1. The Morgan fingerprint density at radius 1 is 1.46 bits per heavy atom. The van der Waals surface area contributed by atoms with E-state index in [2.05, 4.69) is 12.0 Å². The summed E-state index contributed by atoms with van der Waals surface area (Å²) in [5.74, 6) is 2.09. The van der Waals surface area contributed by atoms with E-state index < -0.39 is 0 Å². The monoisotopic (exact) mass is 170 g/mol. The highest BCUT2D eigenvalue weighted by Gasteiger charge is 2.26. The van der Waals surface area contributed by atoms with Gasteiger partial charge in [-0.15, -0.1) is 6.42 Å². The Hall–Kier alpha value is -1.55. The summed E-state index contributed by atoms with van der Waals surface area (Å²) < 4.78 is 0. The van der Waals surface area contributed by atoms with E-state index in [1.54, 1.807) is 0 Å². The van der Waals surface area contributed by atoms with Crippen LogP contribution in [0.25, 0.3) is 0 Å². The van der Waals surface area contributed by atoms with Gasteiger partial charge in [0.05, 0.1) is 5.92 Å². The highest BCUT2D eigenvalue weighted by atomic mass is 16.1. The molecule has 1 heteroatoms. The van der Waals surface area contributed by atoms with Gasteiger partial charge in [-0.2, -0.15) is 0 Å². The summed E-state index contributed by atoms with van der Waals surface area (Å²) >= 11 is 0. The van der Waals surface area contributed by atoms with Gasteiger partial charge in [-0.3, -0.25) is 4.79 Å². The lowest BCUT2D eigenvalue weighted by Gasteiger charge is -2.04. The predicted octanol–water partition coefficient (Wildman–Crippen LogP) is 1.92. The minimum Gasteiger partial charge on any atom is -0.284 e. The first-order valence-electron chi connectivity index (χ1n) is 4.41. The van der Waals surface area contributed by atoms with Crippen molar-refractivity contribution in [1.29, 1.82) is 0 Å². The maximum Gasteiger partial charge on any atom is 0.212 e. The van der Waals surface area contributed by atoms with Crippen LogP contribution in [0.1, 0.15) is 23.5 Å². The molecule has 13 heavy (non-hydrogen) atoms. The van der Waals surface area contributed by atoms with Crippen molar-refractivity contribution in [2.24, 2.45) is 0 Å². The van der Waals surface area contributed by atoms with Crippen molar-refractivity contribution in [2.75, 3.05) is 0 Å². The molecule has 1 aliphatic carbocycles. The fourth-order valence-corrected chi connectivity index (χ4v) is 1.93. The lowest BCUT2D eigenvalue weighted by Crippen LogP contribution is -2.06. The molecule has 0 heterocycles. The van der Waals surface area contributed by atoms with Gasteiger partial charge in [0.2, 0.25) is 5.78 Å². The van der Waals surface area contributed by atoms with Crippen molar-refractivity contribution in [3.05, 3.63) is 35.4 Å². The lowest BCUT2D eigenvalue weighted by atomic mass is 9.97. The molecular weight excluding hydrogens is 160 g/mol. The van der Waals surface area contributed by atoms with Crippen molar-refractivity contribution in [1.82, 2.24) is 0 Å². The van der Waals surface area contributed by atoms with Crippen LogP contribution in [0.3, 0.4) is 0 Å². The molecule has 0 aliphatic heterocycles. The van der Waals surface area contributed by atoms with E-state index in [-0.39, 0.29) is 11.7 Å². The van der Waals surface area contributed by atoms with Gasteiger partial charge in [-0.05, 0) is 29.9 Å². The maximum absolute atomic E-state index is 11.3. The third-order valence-electron chi connectivity index (χ3n) is 2.59. The molecule has 0 saturated carbocycles. The highest BCUT2D eigenvalue weighted by molar-refractivity contribution is 6.00. The van der Waals surface area contributed by atoms with Crippen LogP contribution < -0.4 is 0 Å². The third-order valence-corrected chi connectivity index (χ3v) is 2.59. The van der Waals surface area contributed by atoms with E-state index in [0.717, 1.165) is 18.4 Å². The quantitative estimate of drug-likeness (QED) is 0.465. The third kappa shape index (κ3) is 1.25. The lowest BCUT2D eigenvalue weighted by molar-refractivity contribution is -0.115. The molecule has 0 amide bonds. The molecule has 0 fully saturated rings. The van der Waals surface area contributed by atoms with E-state index >= 15 is 0 Å². The van der Waals surface area contributed by atoms with Gasteiger partial charge in [0.1, 0.15) is 0 Å². The summed E-state index contributed by atoms with van der Waals surface area (Å²) in [5, 5.41) is 0. The fourth-order valence-electron chi connectivity index (χ4n) is 1.93. The molecule has 1 atom stereocenters. The van der Waals surface area contributed by atoms with E-state index in [9.17, 15) is 4.79 Å². The van der Waals surface area contributed by atoms with E-state index in [0.29, 0.717) is 0 Å². The summed E-state index contributed by atoms with van der Waals surface area (Å²) in [5.41, 5.74) is 2.40. The van der Waals surface area contributed by atoms with Gasteiger partial charge in [0.15, 0.2) is 0 Å². The summed E-state index contributed by atoms with van der Waals surface area (Å²) in [6.07, 6.45) is 6.97. The maximum atomic E-state index is 11.3. The molecule has 0 radical (unpaired) electrons. The highest BCUT2D eigenvalue weighted by Crippen LogP contribution is 2.33. The number of carbonyl (C=O) groups is 1. The Morgan fingerprint density at radius 3 is 3.00 bits per heavy atom. The van der Waals surface area contributed by atoms with E-state index in [4.69, 9.17) is 6.42 Å². The van der Waals surface area contributed by atoms with Crippen molar-refractivity contribution in [3.63, 3.8) is 0 Å². The Labute approximate surface area is 77.8 Å². The van der Waals surface area contributed by atoms with Crippen LogP contribution >= 0.6 is 0 Å². The predicted molar refractivity (Wildman–Crippen MR) is 51.3 cm³/mol. The second kappa shape index (κ2) is 3.06. The van der Waals surface area contributed by atoms with Gasteiger partial charge in [-0.1, -0.05) is 24.3 Å². The van der Waals surface area contributed by atoms with Gasteiger partial charge in [0, 0.05) is 0 Å². The first-order chi connectivity index (χ1) is 6.33. The van der Waals surface area contributed by atoms with Gasteiger partial charge < -0.3 is 0 Å². The van der Waals surface area contributed by atoms with Gasteiger partial charge >= 0.3 is 0 Å². The van der Waals surface area contributed by atoms with Crippen LogP contribution in [0.2, 0.25) is 0 Å². The smallest absolute Gasteiger partial charge is 0.212 e. The van der Waals surface area contributed by atoms with Crippen LogP contribution in [0, 0.1) is 12.3 Å². The topological polar surface area (TPSA) is 17.1 Å². The number of aryl methyl sites for hydroxylation is 1. The zero-order valence-electron chi connectivity index (χ0n) is 7.29. The minimum atomic E-state index is -0.0787. The standard InChI is InChI=1S/C12H10O/c1-2-12(13)11-8-7-9-5-3-4-6-10(9)11/h1,3-6,11H,7-8H2. The molecule has 0 aromatic heterocycles. The molecule has 0 N–H and O–H groups in total. The molecule has 1 unspecified atom stereocenters. The molecule has 1 nitrogen and oxygen atoms in total. The molecule has 64 valence electrons. The summed E-state index contributed by atoms with van der Waals surface area (Å²) in [6.45, 7) is 0. The van der Waals surface area contributed by atoms with Crippen LogP contribution in [-0.2, 0) is 11.2 Å². The number of rotatable bonds is 1. The van der Waals surface area contributed by atoms with E-state index in [1.165, 1.54) is 5.56 Å². The molecule has 0 spiro atoms. The number of terminal acetylenes is 1. The number of hydrogen-bond donors (Lipinski definition) is 0. The second-order valence-corrected chi connectivity index (χ2v) is 3.30. The molecular formula is C12H10O. The normalized spacial score (nSPS) is 19.2. The molecule has 1 aromatic carbocycles. The Kier molecular flexibility index (Phi) is 1.90. The molecule has 0 saturated heterocycles. The Balaban J connectivity index is 2.40.